The fraction of sp³-hybridized carbons (Fsp3) is 0.500. The van der Waals surface area contributed by atoms with Crippen LogP contribution in [0, 0.1) is 5.92 Å². The second-order valence-electron chi connectivity index (χ2n) is 3.82. The maximum absolute atomic E-state index is 11.5. The molecule has 1 aromatic rings. The van der Waals surface area contributed by atoms with Crippen LogP contribution in [0.5, 0.6) is 0 Å². The Morgan fingerprint density at radius 3 is 3.00 bits per heavy atom. The zero-order valence-electron chi connectivity index (χ0n) is 9.86. The largest absolute Gasteiger partial charge is 0.350 e. The normalized spacial score (nSPS) is 12.2. The predicted molar refractivity (Wildman–Crippen MR) is 63.7 cm³/mol. The molecule has 0 aliphatic carbocycles. The van der Waals surface area contributed by atoms with Crippen molar-refractivity contribution in [2.75, 3.05) is 6.54 Å². The van der Waals surface area contributed by atoms with Gasteiger partial charge in [-0.2, -0.15) is 0 Å². The summed E-state index contributed by atoms with van der Waals surface area (Å²) in [4.78, 5) is 15.8. The van der Waals surface area contributed by atoms with Gasteiger partial charge in [-0.05, 0) is 18.1 Å². The summed E-state index contributed by atoms with van der Waals surface area (Å²) >= 11 is 0. The molecule has 3 N–H and O–H groups in total. The number of aromatic nitrogens is 1. The average molecular weight is 221 g/mol. The lowest BCUT2D eigenvalue weighted by atomic mass is 10.1. The van der Waals surface area contributed by atoms with Crippen molar-refractivity contribution in [1.82, 2.24) is 10.3 Å². The lowest BCUT2D eigenvalue weighted by molar-refractivity contribution is -0.124. The minimum Gasteiger partial charge on any atom is -0.350 e. The minimum absolute atomic E-state index is 0.0183. The van der Waals surface area contributed by atoms with E-state index in [0.29, 0.717) is 13.1 Å². The standard InChI is InChI=1S/C12H19N3O/c1-3-10-5-4-6-14-11(10)8-15-12(16)9(2)7-13/h4-6,9H,3,7-8,13H2,1-2H3,(H,15,16). The molecule has 0 fully saturated rings. The Bertz CT molecular complexity index is 352. The molecule has 1 aromatic heterocycles. The molecule has 1 rings (SSSR count). The van der Waals surface area contributed by atoms with Gasteiger partial charge in [0.15, 0.2) is 0 Å². The quantitative estimate of drug-likeness (QED) is 0.774. The lowest BCUT2D eigenvalue weighted by Crippen LogP contribution is -2.33. The molecule has 0 radical (unpaired) electrons. The maximum atomic E-state index is 11.5. The number of hydrogen-bond donors (Lipinski definition) is 2. The van der Waals surface area contributed by atoms with Crippen LogP contribution in [0.4, 0.5) is 0 Å². The molecule has 0 aromatic carbocycles. The third-order valence-corrected chi connectivity index (χ3v) is 2.60. The van der Waals surface area contributed by atoms with Crippen LogP contribution in [-0.4, -0.2) is 17.4 Å². The van der Waals surface area contributed by atoms with Gasteiger partial charge in [0.25, 0.3) is 0 Å². The number of rotatable bonds is 5. The highest BCUT2D eigenvalue weighted by molar-refractivity contribution is 5.78. The van der Waals surface area contributed by atoms with E-state index in [1.807, 2.05) is 19.1 Å². The van der Waals surface area contributed by atoms with Crippen molar-refractivity contribution < 1.29 is 4.79 Å². The van der Waals surface area contributed by atoms with E-state index in [4.69, 9.17) is 5.73 Å². The molecule has 16 heavy (non-hydrogen) atoms. The van der Waals surface area contributed by atoms with Gasteiger partial charge in [-0.1, -0.05) is 19.9 Å². The summed E-state index contributed by atoms with van der Waals surface area (Å²) in [5, 5.41) is 2.84. The van der Waals surface area contributed by atoms with Gasteiger partial charge in [0.2, 0.25) is 5.91 Å². The summed E-state index contributed by atoms with van der Waals surface area (Å²) in [6, 6.07) is 3.94. The van der Waals surface area contributed by atoms with Gasteiger partial charge in [-0.3, -0.25) is 9.78 Å². The van der Waals surface area contributed by atoms with Crippen molar-refractivity contribution in [1.29, 1.82) is 0 Å². The number of carbonyl (C=O) groups excluding carboxylic acids is 1. The number of pyridine rings is 1. The molecule has 88 valence electrons. The van der Waals surface area contributed by atoms with Crippen LogP contribution in [0.25, 0.3) is 0 Å². The van der Waals surface area contributed by atoms with Crippen LogP contribution < -0.4 is 11.1 Å². The smallest absolute Gasteiger partial charge is 0.224 e. The summed E-state index contributed by atoms with van der Waals surface area (Å²) in [7, 11) is 0. The first-order chi connectivity index (χ1) is 7.69. The molecule has 4 nitrogen and oxygen atoms in total. The summed E-state index contributed by atoms with van der Waals surface area (Å²) < 4.78 is 0. The Balaban J connectivity index is 2.57. The van der Waals surface area contributed by atoms with Gasteiger partial charge in [0.05, 0.1) is 12.2 Å². The Labute approximate surface area is 96.3 Å². The van der Waals surface area contributed by atoms with Gasteiger partial charge in [-0.15, -0.1) is 0 Å². The van der Waals surface area contributed by atoms with Crippen LogP contribution in [0.1, 0.15) is 25.1 Å². The Hall–Kier alpha value is -1.42. The third-order valence-electron chi connectivity index (χ3n) is 2.60. The molecule has 0 aliphatic rings. The summed E-state index contributed by atoms with van der Waals surface area (Å²) in [5.41, 5.74) is 7.52. The third kappa shape index (κ3) is 3.31. The Morgan fingerprint density at radius 1 is 1.62 bits per heavy atom. The predicted octanol–water partition coefficient (Wildman–Crippen LogP) is 0.855. The molecule has 1 unspecified atom stereocenters. The van der Waals surface area contributed by atoms with Gasteiger partial charge in [0, 0.05) is 18.7 Å². The summed E-state index contributed by atoms with van der Waals surface area (Å²) in [5.74, 6) is -0.163. The van der Waals surface area contributed by atoms with Crippen LogP contribution in [0.15, 0.2) is 18.3 Å². The van der Waals surface area contributed by atoms with Crippen LogP contribution in [0.3, 0.4) is 0 Å². The van der Waals surface area contributed by atoms with Crippen molar-refractivity contribution in [2.24, 2.45) is 11.7 Å². The molecule has 0 bridgehead atoms. The fourth-order valence-corrected chi connectivity index (χ4v) is 1.40. The second-order valence-corrected chi connectivity index (χ2v) is 3.82. The highest BCUT2D eigenvalue weighted by Crippen LogP contribution is 2.05. The number of aryl methyl sites for hydroxylation is 1. The first-order valence-electron chi connectivity index (χ1n) is 5.59. The van der Waals surface area contributed by atoms with Crippen molar-refractivity contribution in [2.45, 2.75) is 26.8 Å². The summed E-state index contributed by atoms with van der Waals surface area (Å²) in [6.45, 7) is 4.74. The highest BCUT2D eigenvalue weighted by atomic mass is 16.1. The molecule has 1 amide bonds. The van der Waals surface area contributed by atoms with Crippen molar-refractivity contribution >= 4 is 5.91 Å². The molecule has 0 aliphatic heterocycles. The zero-order chi connectivity index (χ0) is 12.0. The van der Waals surface area contributed by atoms with Gasteiger partial charge >= 0.3 is 0 Å². The van der Waals surface area contributed by atoms with E-state index in [1.165, 1.54) is 5.56 Å². The van der Waals surface area contributed by atoms with Gasteiger partial charge < -0.3 is 11.1 Å². The number of nitrogens with zero attached hydrogens (tertiary/aromatic N) is 1. The molecule has 0 saturated carbocycles. The van der Waals surface area contributed by atoms with Crippen molar-refractivity contribution in [3.63, 3.8) is 0 Å². The first-order valence-corrected chi connectivity index (χ1v) is 5.59. The van der Waals surface area contributed by atoms with Gasteiger partial charge in [-0.25, -0.2) is 0 Å². The molecular weight excluding hydrogens is 202 g/mol. The zero-order valence-corrected chi connectivity index (χ0v) is 9.86. The number of hydrogen-bond acceptors (Lipinski definition) is 3. The van der Waals surface area contributed by atoms with Gasteiger partial charge in [0.1, 0.15) is 0 Å². The highest BCUT2D eigenvalue weighted by Gasteiger charge is 2.10. The lowest BCUT2D eigenvalue weighted by Gasteiger charge is -2.11. The maximum Gasteiger partial charge on any atom is 0.224 e. The topological polar surface area (TPSA) is 68.0 Å². The van der Waals surface area contributed by atoms with Crippen LogP contribution in [-0.2, 0) is 17.8 Å². The van der Waals surface area contributed by atoms with E-state index in [0.717, 1.165) is 12.1 Å². The van der Waals surface area contributed by atoms with Crippen molar-refractivity contribution in [3.8, 4) is 0 Å². The van der Waals surface area contributed by atoms with E-state index in [1.54, 1.807) is 6.20 Å². The van der Waals surface area contributed by atoms with Crippen LogP contribution in [0.2, 0.25) is 0 Å². The fourth-order valence-electron chi connectivity index (χ4n) is 1.40. The van der Waals surface area contributed by atoms with E-state index in [2.05, 4.69) is 17.2 Å². The van der Waals surface area contributed by atoms with E-state index in [-0.39, 0.29) is 11.8 Å². The number of amides is 1. The molecule has 0 saturated heterocycles. The van der Waals surface area contributed by atoms with E-state index in [9.17, 15) is 4.79 Å². The minimum atomic E-state index is -0.145. The number of carbonyl (C=O) groups is 1. The molecule has 0 spiro atoms. The molecule has 4 heteroatoms. The van der Waals surface area contributed by atoms with E-state index < -0.39 is 0 Å². The monoisotopic (exact) mass is 221 g/mol. The molecular formula is C12H19N3O. The molecule has 1 atom stereocenters. The SMILES string of the molecule is CCc1cccnc1CNC(=O)C(C)CN. The number of nitrogens with one attached hydrogen (secondary N) is 1. The van der Waals surface area contributed by atoms with Crippen LogP contribution >= 0.6 is 0 Å². The second kappa shape index (κ2) is 6.23. The number of nitrogens with two attached hydrogens (primary N) is 1. The first kappa shape index (κ1) is 12.6. The van der Waals surface area contributed by atoms with Crippen molar-refractivity contribution in [3.05, 3.63) is 29.6 Å². The van der Waals surface area contributed by atoms with E-state index >= 15 is 0 Å². The average Bonchev–Trinajstić information content (AvgIpc) is 2.35. The Morgan fingerprint density at radius 2 is 2.38 bits per heavy atom. The summed E-state index contributed by atoms with van der Waals surface area (Å²) in [6.07, 6.45) is 2.67. The Kier molecular flexibility index (Phi) is 4.92. The molecule has 1 heterocycles.